The second kappa shape index (κ2) is 4.45. The van der Waals surface area contributed by atoms with Gasteiger partial charge in [-0.2, -0.15) is 0 Å². The van der Waals surface area contributed by atoms with Crippen LogP contribution in [0.3, 0.4) is 0 Å². The Hall–Kier alpha value is -2.61. The predicted molar refractivity (Wildman–Crippen MR) is 76.6 cm³/mol. The van der Waals surface area contributed by atoms with Crippen molar-refractivity contribution >= 4 is 32.9 Å². The molecule has 0 amide bonds. The predicted octanol–water partition coefficient (Wildman–Crippen LogP) is 1.69. The Kier molecular flexibility index (Phi) is 2.58. The summed E-state index contributed by atoms with van der Waals surface area (Å²) in [6.07, 6.45) is 4.45. The lowest BCUT2D eigenvalue weighted by Crippen LogP contribution is -2.04. The summed E-state index contributed by atoms with van der Waals surface area (Å²) in [4.78, 5) is 8.51. The third-order valence-corrected chi connectivity index (χ3v) is 3.93. The van der Waals surface area contributed by atoms with Crippen LogP contribution in [0.1, 0.15) is 0 Å². The maximum absolute atomic E-state index is 11.7. The maximum atomic E-state index is 11.7. The molecule has 21 heavy (non-hydrogen) atoms. The van der Waals surface area contributed by atoms with E-state index in [1.165, 1.54) is 18.9 Å². The molecular weight excluding hydrogens is 290 g/mol. The zero-order chi connectivity index (χ0) is 14.4. The Morgan fingerprint density at radius 2 is 2.10 bits per heavy atom. The summed E-state index contributed by atoms with van der Waals surface area (Å²) in [7, 11) is -1.28. The average Bonchev–Trinajstić information content (AvgIpc) is 3.11. The van der Waals surface area contributed by atoms with Crippen molar-refractivity contribution in [2.45, 2.75) is 5.16 Å². The molecule has 4 rings (SSSR count). The van der Waals surface area contributed by atoms with Gasteiger partial charge < -0.3 is 4.42 Å². The Balaban J connectivity index is 2.09. The molecule has 104 valence electrons. The van der Waals surface area contributed by atoms with Crippen molar-refractivity contribution < 1.29 is 8.63 Å². The first-order chi connectivity index (χ1) is 10.3. The highest BCUT2D eigenvalue weighted by Gasteiger charge is 2.18. The normalized spacial score (nSPS) is 13.0. The van der Waals surface area contributed by atoms with Gasteiger partial charge in [-0.15, -0.1) is 10.2 Å². The topological polar surface area (TPSA) is 86.7 Å². The lowest BCUT2D eigenvalue weighted by Gasteiger charge is -2.03. The standard InChI is InChI=1S/C13H9N5O2S/c1-21(19)13-17-16-7-18(13)12-11-10(14-6-15-12)8-4-2-3-5-9(8)20-11/h2-7H,1H3/t21-/m0/s1. The molecule has 0 aliphatic heterocycles. The van der Waals surface area contributed by atoms with Gasteiger partial charge in [-0.3, -0.25) is 8.78 Å². The van der Waals surface area contributed by atoms with Crippen LogP contribution in [-0.2, 0) is 10.8 Å². The van der Waals surface area contributed by atoms with Crippen LogP contribution in [0.2, 0.25) is 0 Å². The number of nitrogens with zero attached hydrogens (tertiary/aromatic N) is 5. The number of hydrogen-bond donors (Lipinski definition) is 0. The van der Waals surface area contributed by atoms with Crippen LogP contribution < -0.4 is 0 Å². The lowest BCUT2D eigenvalue weighted by atomic mass is 10.2. The molecule has 0 N–H and O–H groups in total. The van der Waals surface area contributed by atoms with E-state index in [0.717, 1.165) is 11.0 Å². The van der Waals surface area contributed by atoms with Crippen molar-refractivity contribution in [1.29, 1.82) is 0 Å². The number of rotatable bonds is 2. The molecule has 0 saturated carbocycles. The molecule has 4 aromatic rings. The van der Waals surface area contributed by atoms with Gasteiger partial charge in [0.25, 0.3) is 0 Å². The molecule has 1 atom stereocenters. The molecule has 0 spiro atoms. The minimum absolute atomic E-state index is 0.315. The number of para-hydroxylation sites is 1. The van der Waals surface area contributed by atoms with E-state index >= 15 is 0 Å². The van der Waals surface area contributed by atoms with E-state index < -0.39 is 10.8 Å². The SMILES string of the molecule is C[S@](=O)c1nncn1-c1ncnc2c1oc1ccccc12. The molecule has 1 aromatic carbocycles. The first-order valence-electron chi connectivity index (χ1n) is 6.12. The van der Waals surface area contributed by atoms with Gasteiger partial charge in [0.15, 0.2) is 11.4 Å². The van der Waals surface area contributed by atoms with Crippen LogP contribution in [-0.4, -0.2) is 35.2 Å². The first-order valence-corrected chi connectivity index (χ1v) is 7.67. The first kappa shape index (κ1) is 12.2. The van der Waals surface area contributed by atoms with Crippen LogP contribution in [0.5, 0.6) is 0 Å². The molecule has 3 aromatic heterocycles. The Labute approximate surface area is 121 Å². The van der Waals surface area contributed by atoms with Crippen molar-refractivity contribution in [2.24, 2.45) is 0 Å². The minimum atomic E-state index is -1.28. The average molecular weight is 299 g/mol. The molecule has 3 heterocycles. The van der Waals surface area contributed by atoms with Crippen LogP contribution in [0.25, 0.3) is 27.9 Å². The Morgan fingerprint density at radius 1 is 1.24 bits per heavy atom. The summed E-state index contributed by atoms with van der Waals surface area (Å²) in [6, 6.07) is 7.61. The fourth-order valence-electron chi connectivity index (χ4n) is 2.25. The third-order valence-electron chi connectivity index (χ3n) is 3.14. The highest BCUT2D eigenvalue weighted by molar-refractivity contribution is 7.84. The summed E-state index contributed by atoms with van der Waals surface area (Å²) in [6.45, 7) is 0. The van der Waals surface area contributed by atoms with Gasteiger partial charge in [0.2, 0.25) is 5.16 Å². The van der Waals surface area contributed by atoms with Crippen molar-refractivity contribution in [3.05, 3.63) is 36.9 Å². The van der Waals surface area contributed by atoms with E-state index in [-0.39, 0.29) is 0 Å². The number of benzene rings is 1. The molecule has 0 radical (unpaired) electrons. The fraction of sp³-hybridized carbons (Fsp3) is 0.0769. The molecule has 8 heteroatoms. The van der Waals surface area contributed by atoms with Crippen LogP contribution in [0.4, 0.5) is 0 Å². The molecular formula is C13H9N5O2S. The van der Waals surface area contributed by atoms with Crippen molar-refractivity contribution in [2.75, 3.05) is 6.26 Å². The number of furan rings is 1. The minimum Gasteiger partial charge on any atom is -0.450 e. The van der Waals surface area contributed by atoms with Gasteiger partial charge in [-0.25, -0.2) is 9.97 Å². The van der Waals surface area contributed by atoms with E-state index in [0.29, 0.717) is 22.1 Å². The highest BCUT2D eigenvalue weighted by Crippen LogP contribution is 2.29. The largest absolute Gasteiger partial charge is 0.450 e. The molecule has 0 unspecified atom stereocenters. The van der Waals surface area contributed by atoms with Gasteiger partial charge in [0, 0.05) is 11.6 Å². The van der Waals surface area contributed by atoms with E-state index in [4.69, 9.17) is 4.42 Å². The number of fused-ring (bicyclic) bond motifs is 3. The van der Waals surface area contributed by atoms with Gasteiger partial charge in [0.05, 0.1) is 10.8 Å². The maximum Gasteiger partial charge on any atom is 0.227 e. The Bertz CT molecular complexity index is 990. The summed E-state index contributed by atoms with van der Waals surface area (Å²) in [5.74, 6) is 0.478. The van der Waals surface area contributed by atoms with Crippen LogP contribution in [0.15, 0.2) is 46.5 Å². The number of hydrogen-bond acceptors (Lipinski definition) is 6. The summed E-state index contributed by atoms with van der Waals surface area (Å²) in [5, 5.41) is 8.88. The zero-order valence-corrected chi connectivity index (χ0v) is 11.7. The highest BCUT2D eigenvalue weighted by atomic mass is 32.2. The molecule has 0 bridgehead atoms. The molecule has 0 saturated heterocycles. The van der Waals surface area contributed by atoms with E-state index in [1.54, 1.807) is 4.57 Å². The van der Waals surface area contributed by atoms with Gasteiger partial charge in [0.1, 0.15) is 23.8 Å². The third kappa shape index (κ3) is 1.76. The van der Waals surface area contributed by atoms with E-state index in [2.05, 4.69) is 20.2 Å². The van der Waals surface area contributed by atoms with E-state index in [1.807, 2.05) is 24.3 Å². The second-order valence-corrected chi connectivity index (χ2v) is 5.68. The molecule has 7 nitrogen and oxygen atoms in total. The van der Waals surface area contributed by atoms with Gasteiger partial charge in [-0.05, 0) is 12.1 Å². The Morgan fingerprint density at radius 3 is 2.95 bits per heavy atom. The summed E-state index contributed by atoms with van der Waals surface area (Å²) >= 11 is 0. The van der Waals surface area contributed by atoms with Crippen LogP contribution >= 0.6 is 0 Å². The summed E-state index contributed by atoms with van der Waals surface area (Å²) < 4.78 is 19.1. The smallest absolute Gasteiger partial charge is 0.227 e. The quantitative estimate of drug-likeness (QED) is 0.560. The molecule has 0 fully saturated rings. The van der Waals surface area contributed by atoms with Crippen molar-refractivity contribution in [1.82, 2.24) is 24.7 Å². The van der Waals surface area contributed by atoms with Crippen molar-refractivity contribution in [3.63, 3.8) is 0 Å². The number of aromatic nitrogens is 5. The van der Waals surface area contributed by atoms with E-state index in [9.17, 15) is 4.21 Å². The fourth-order valence-corrected chi connectivity index (χ4v) is 2.82. The lowest BCUT2D eigenvalue weighted by molar-refractivity contribution is 0.653. The van der Waals surface area contributed by atoms with Crippen LogP contribution in [0, 0.1) is 0 Å². The second-order valence-electron chi connectivity index (χ2n) is 4.41. The van der Waals surface area contributed by atoms with Gasteiger partial charge in [-0.1, -0.05) is 12.1 Å². The summed E-state index contributed by atoms with van der Waals surface area (Å²) in [5.41, 5.74) is 1.95. The zero-order valence-electron chi connectivity index (χ0n) is 10.9. The monoisotopic (exact) mass is 299 g/mol. The van der Waals surface area contributed by atoms with Crippen molar-refractivity contribution in [3.8, 4) is 5.82 Å². The molecule has 0 aliphatic rings. The van der Waals surface area contributed by atoms with Gasteiger partial charge >= 0.3 is 0 Å². The molecule has 0 aliphatic carbocycles.